The molecule has 2 aromatic rings. The van der Waals surface area contributed by atoms with Crippen molar-refractivity contribution >= 4 is 0 Å². The van der Waals surface area contributed by atoms with Crippen molar-refractivity contribution in [3.63, 3.8) is 0 Å². The summed E-state index contributed by atoms with van der Waals surface area (Å²) in [5, 5.41) is 3.68. The van der Waals surface area contributed by atoms with Crippen LogP contribution in [0.3, 0.4) is 0 Å². The summed E-state index contributed by atoms with van der Waals surface area (Å²) in [4.78, 5) is 4.82. The van der Waals surface area contributed by atoms with Gasteiger partial charge < -0.3 is 5.32 Å². The number of aryl methyl sites for hydroxylation is 1. The van der Waals surface area contributed by atoms with Gasteiger partial charge in [-0.3, -0.25) is 4.98 Å². The van der Waals surface area contributed by atoms with Crippen LogP contribution in [0.4, 0.5) is 0 Å². The number of nitrogens with zero attached hydrogens (tertiary/aromatic N) is 1. The molecule has 0 unspecified atom stereocenters. The van der Waals surface area contributed by atoms with E-state index < -0.39 is 0 Å². The molecule has 122 valence electrons. The first-order chi connectivity index (χ1) is 11.1. The van der Waals surface area contributed by atoms with Gasteiger partial charge in [0.15, 0.2) is 0 Å². The van der Waals surface area contributed by atoms with Gasteiger partial charge in [0, 0.05) is 23.8 Å². The predicted octanol–water partition coefficient (Wildman–Crippen LogP) is 5.21. The van der Waals surface area contributed by atoms with Gasteiger partial charge in [-0.05, 0) is 42.9 Å². The zero-order valence-electron chi connectivity index (χ0n) is 14.6. The molecule has 0 atom stereocenters. The first kappa shape index (κ1) is 16.2. The van der Waals surface area contributed by atoms with E-state index >= 15 is 0 Å². The van der Waals surface area contributed by atoms with E-state index in [1.165, 1.54) is 42.4 Å². The maximum Gasteiger partial charge on any atom is 0.0705 e. The summed E-state index contributed by atoms with van der Waals surface area (Å²) in [6.45, 7) is 7.51. The zero-order valence-corrected chi connectivity index (χ0v) is 14.6. The van der Waals surface area contributed by atoms with Crippen molar-refractivity contribution in [3.8, 4) is 11.3 Å². The molecule has 1 heterocycles. The summed E-state index contributed by atoms with van der Waals surface area (Å²) < 4.78 is 0. The van der Waals surface area contributed by atoms with E-state index in [9.17, 15) is 0 Å². The Balaban J connectivity index is 1.70. The fourth-order valence-corrected chi connectivity index (χ4v) is 3.36. The summed E-state index contributed by atoms with van der Waals surface area (Å²) in [5.74, 6) is 0.572. The third-order valence-corrected chi connectivity index (χ3v) is 5.00. The highest BCUT2D eigenvalue weighted by Gasteiger charge is 2.14. The van der Waals surface area contributed by atoms with Crippen LogP contribution in [0.1, 0.15) is 62.3 Å². The van der Waals surface area contributed by atoms with Gasteiger partial charge in [0.2, 0.25) is 0 Å². The molecule has 3 rings (SSSR count). The van der Waals surface area contributed by atoms with Crippen LogP contribution >= 0.6 is 0 Å². The molecule has 0 bridgehead atoms. The molecule has 1 fully saturated rings. The van der Waals surface area contributed by atoms with Gasteiger partial charge in [0.1, 0.15) is 0 Å². The first-order valence-electron chi connectivity index (χ1n) is 8.93. The molecule has 0 aliphatic heterocycles. The van der Waals surface area contributed by atoms with E-state index in [-0.39, 0.29) is 0 Å². The van der Waals surface area contributed by atoms with Gasteiger partial charge in [0.25, 0.3) is 0 Å². The summed E-state index contributed by atoms with van der Waals surface area (Å²) in [6, 6.07) is 13.9. The lowest BCUT2D eigenvalue weighted by Gasteiger charge is -2.14. The van der Waals surface area contributed by atoms with Gasteiger partial charge in [0.05, 0.1) is 5.69 Å². The van der Waals surface area contributed by atoms with Crippen molar-refractivity contribution in [1.82, 2.24) is 10.3 Å². The highest BCUT2D eigenvalue weighted by molar-refractivity contribution is 5.60. The molecule has 0 spiro atoms. The second kappa shape index (κ2) is 7.27. The minimum absolute atomic E-state index is 0.572. The van der Waals surface area contributed by atoms with Crippen LogP contribution in [-0.4, -0.2) is 11.0 Å². The van der Waals surface area contributed by atoms with E-state index in [1.807, 2.05) is 0 Å². The van der Waals surface area contributed by atoms with E-state index in [2.05, 4.69) is 62.5 Å². The predicted molar refractivity (Wildman–Crippen MR) is 97.6 cm³/mol. The van der Waals surface area contributed by atoms with E-state index in [4.69, 9.17) is 4.98 Å². The molecule has 1 aromatic carbocycles. The molecule has 23 heavy (non-hydrogen) atoms. The third-order valence-electron chi connectivity index (χ3n) is 5.00. The molecule has 1 aromatic heterocycles. The van der Waals surface area contributed by atoms with Crippen LogP contribution in [0.5, 0.6) is 0 Å². The van der Waals surface area contributed by atoms with Gasteiger partial charge in [-0.1, -0.05) is 57.0 Å². The molecule has 1 aliphatic carbocycles. The molecular formula is C21H28N2. The van der Waals surface area contributed by atoms with Crippen molar-refractivity contribution < 1.29 is 0 Å². The van der Waals surface area contributed by atoms with Crippen LogP contribution in [-0.2, 0) is 6.54 Å². The van der Waals surface area contributed by atoms with Crippen molar-refractivity contribution in [1.29, 1.82) is 0 Å². The second-order valence-electron chi connectivity index (χ2n) is 7.08. The Morgan fingerprint density at radius 2 is 1.74 bits per heavy atom. The van der Waals surface area contributed by atoms with Crippen LogP contribution in [0, 0.1) is 6.92 Å². The molecular weight excluding hydrogens is 280 g/mol. The van der Waals surface area contributed by atoms with Gasteiger partial charge in [-0.15, -0.1) is 0 Å². The van der Waals surface area contributed by atoms with Crippen LogP contribution in [0.2, 0.25) is 0 Å². The van der Waals surface area contributed by atoms with Gasteiger partial charge in [-0.2, -0.15) is 0 Å². The minimum Gasteiger partial charge on any atom is -0.310 e. The lowest BCUT2D eigenvalue weighted by Crippen LogP contribution is -2.25. The Kier molecular flexibility index (Phi) is 5.12. The van der Waals surface area contributed by atoms with Crippen LogP contribution in [0.25, 0.3) is 11.3 Å². The number of benzene rings is 1. The third kappa shape index (κ3) is 4.00. The SMILES string of the molecule is Cc1nc(-c2ccc(C(C)C)cc2)ccc1CNC1CCCC1. The standard InChI is InChI=1S/C21H28N2/c1-15(2)17-8-10-18(11-9-17)21-13-12-19(16(3)23-21)14-22-20-6-4-5-7-20/h8-13,15,20,22H,4-7,14H2,1-3H3. The summed E-state index contributed by atoms with van der Waals surface area (Å²) in [6.07, 6.45) is 5.40. The maximum atomic E-state index is 4.82. The number of aromatic nitrogens is 1. The fourth-order valence-electron chi connectivity index (χ4n) is 3.36. The Bertz CT molecular complexity index is 637. The lowest BCUT2D eigenvalue weighted by atomic mass is 10.0. The number of hydrogen-bond acceptors (Lipinski definition) is 2. The summed E-state index contributed by atoms with van der Waals surface area (Å²) in [7, 11) is 0. The quantitative estimate of drug-likeness (QED) is 0.820. The average Bonchev–Trinajstić information content (AvgIpc) is 3.07. The summed E-state index contributed by atoms with van der Waals surface area (Å²) in [5.41, 5.74) is 6.11. The highest BCUT2D eigenvalue weighted by atomic mass is 14.9. The Morgan fingerprint density at radius 1 is 1.04 bits per heavy atom. The van der Waals surface area contributed by atoms with Crippen molar-refractivity contribution in [2.45, 2.75) is 65.0 Å². The highest BCUT2D eigenvalue weighted by Crippen LogP contribution is 2.23. The van der Waals surface area contributed by atoms with Gasteiger partial charge in [-0.25, -0.2) is 0 Å². The first-order valence-corrected chi connectivity index (χ1v) is 8.93. The zero-order chi connectivity index (χ0) is 16.2. The molecule has 1 N–H and O–H groups in total. The molecule has 0 amide bonds. The number of rotatable bonds is 5. The van der Waals surface area contributed by atoms with Crippen molar-refractivity contribution in [3.05, 3.63) is 53.2 Å². The summed E-state index contributed by atoms with van der Waals surface area (Å²) >= 11 is 0. The monoisotopic (exact) mass is 308 g/mol. The van der Waals surface area contributed by atoms with Crippen molar-refractivity contribution in [2.75, 3.05) is 0 Å². The minimum atomic E-state index is 0.572. The van der Waals surface area contributed by atoms with E-state index in [0.717, 1.165) is 17.9 Å². The second-order valence-corrected chi connectivity index (χ2v) is 7.08. The number of pyridine rings is 1. The van der Waals surface area contributed by atoms with E-state index in [1.54, 1.807) is 0 Å². The van der Waals surface area contributed by atoms with Gasteiger partial charge >= 0.3 is 0 Å². The Morgan fingerprint density at radius 3 is 2.35 bits per heavy atom. The topological polar surface area (TPSA) is 24.9 Å². The molecule has 2 nitrogen and oxygen atoms in total. The molecule has 0 radical (unpaired) electrons. The molecule has 1 aliphatic rings. The van der Waals surface area contributed by atoms with Crippen LogP contribution < -0.4 is 5.32 Å². The smallest absolute Gasteiger partial charge is 0.0705 e. The lowest BCUT2D eigenvalue weighted by molar-refractivity contribution is 0.522. The number of nitrogens with one attached hydrogen (secondary N) is 1. The van der Waals surface area contributed by atoms with E-state index in [0.29, 0.717) is 12.0 Å². The number of hydrogen-bond donors (Lipinski definition) is 1. The van der Waals surface area contributed by atoms with Crippen molar-refractivity contribution in [2.24, 2.45) is 0 Å². The fraction of sp³-hybridized carbons (Fsp3) is 0.476. The average molecular weight is 308 g/mol. The maximum absolute atomic E-state index is 4.82. The normalized spacial score (nSPS) is 15.5. The Hall–Kier alpha value is -1.67. The Labute approximate surface area is 140 Å². The largest absolute Gasteiger partial charge is 0.310 e. The molecule has 2 heteroatoms. The molecule has 0 saturated heterocycles. The van der Waals surface area contributed by atoms with Crippen LogP contribution in [0.15, 0.2) is 36.4 Å². The molecule has 1 saturated carbocycles.